The highest BCUT2D eigenvalue weighted by Crippen LogP contribution is 2.29. The van der Waals surface area contributed by atoms with E-state index in [1.807, 2.05) is 24.3 Å². The van der Waals surface area contributed by atoms with Crippen molar-refractivity contribution in [3.05, 3.63) is 64.1 Å². The molecule has 0 aliphatic rings. The summed E-state index contributed by atoms with van der Waals surface area (Å²) in [5.41, 5.74) is 7.04. The normalized spacial score (nSPS) is 12.4. The van der Waals surface area contributed by atoms with Crippen LogP contribution in [-0.2, 0) is 0 Å². The number of thioether (sulfide) groups is 1. The molecule has 0 aliphatic heterocycles. The van der Waals surface area contributed by atoms with Crippen molar-refractivity contribution in [1.29, 1.82) is 0 Å². The van der Waals surface area contributed by atoms with Crippen molar-refractivity contribution in [3.8, 4) is 0 Å². The van der Waals surface area contributed by atoms with Gasteiger partial charge in [0.05, 0.1) is 0 Å². The van der Waals surface area contributed by atoms with E-state index < -0.39 is 0 Å². The summed E-state index contributed by atoms with van der Waals surface area (Å²) in [6, 6.07) is 15.4. The third-order valence-electron chi connectivity index (χ3n) is 2.53. The van der Waals surface area contributed by atoms with Crippen molar-refractivity contribution >= 4 is 35.0 Å². The second-order valence-electron chi connectivity index (χ2n) is 3.90. The van der Waals surface area contributed by atoms with Crippen molar-refractivity contribution in [2.45, 2.75) is 10.9 Å². The Labute approximate surface area is 121 Å². The van der Waals surface area contributed by atoms with E-state index in [0.717, 1.165) is 11.3 Å². The summed E-state index contributed by atoms with van der Waals surface area (Å²) in [5, 5.41) is 1.33. The Morgan fingerprint density at radius 2 is 1.78 bits per heavy atom. The van der Waals surface area contributed by atoms with Gasteiger partial charge in [-0.2, -0.15) is 0 Å². The second kappa shape index (κ2) is 6.48. The second-order valence-corrected chi connectivity index (χ2v) is 5.83. The zero-order chi connectivity index (χ0) is 13.0. The molecule has 1 atom stereocenters. The molecule has 0 radical (unpaired) electrons. The van der Waals surface area contributed by atoms with Gasteiger partial charge in [-0.05, 0) is 35.9 Å². The van der Waals surface area contributed by atoms with E-state index in [9.17, 15) is 0 Å². The molecule has 2 rings (SSSR count). The highest BCUT2D eigenvalue weighted by atomic mass is 35.5. The van der Waals surface area contributed by atoms with E-state index in [0.29, 0.717) is 10.0 Å². The molecular weight excluding hydrogens is 285 g/mol. The zero-order valence-electron chi connectivity index (χ0n) is 9.64. The summed E-state index contributed by atoms with van der Waals surface area (Å²) < 4.78 is 0. The Balaban J connectivity index is 2.03. The molecular formula is C14H13Cl2NS. The molecule has 0 spiro atoms. The molecule has 1 nitrogen and oxygen atoms in total. The van der Waals surface area contributed by atoms with Crippen LogP contribution in [0.4, 0.5) is 0 Å². The van der Waals surface area contributed by atoms with Gasteiger partial charge in [-0.15, -0.1) is 11.8 Å². The summed E-state index contributed by atoms with van der Waals surface area (Å²) in [5.74, 6) is 0.768. The van der Waals surface area contributed by atoms with E-state index in [4.69, 9.17) is 28.9 Å². The lowest BCUT2D eigenvalue weighted by atomic mass is 10.1. The molecule has 0 fully saturated rings. The van der Waals surface area contributed by atoms with Crippen LogP contribution in [0.15, 0.2) is 53.4 Å². The molecule has 0 heterocycles. The van der Waals surface area contributed by atoms with Crippen molar-refractivity contribution in [2.75, 3.05) is 5.75 Å². The third-order valence-corrected chi connectivity index (χ3v) is 4.24. The molecule has 0 aromatic heterocycles. The van der Waals surface area contributed by atoms with Crippen LogP contribution in [0.3, 0.4) is 0 Å². The SMILES string of the molecule is NC(CSc1ccccc1)c1cc(Cl)ccc1Cl. The Morgan fingerprint density at radius 1 is 1.06 bits per heavy atom. The maximum Gasteiger partial charge on any atom is 0.0455 e. The number of nitrogens with two attached hydrogens (primary N) is 1. The van der Waals surface area contributed by atoms with E-state index in [1.165, 1.54) is 4.90 Å². The van der Waals surface area contributed by atoms with Gasteiger partial charge in [0.1, 0.15) is 0 Å². The molecule has 2 aromatic carbocycles. The summed E-state index contributed by atoms with van der Waals surface area (Å²) in [7, 11) is 0. The van der Waals surface area contributed by atoms with Crippen molar-refractivity contribution in [1.82, 2.24) is 0 Å². The number of hydrogen-bond acceptors (Lipinski definition) is 2. The number of halogens is 2. The Morgan fingerprint density at radius 3 is 2.50 bits per heavy atom. The molecule has 2 aromatic rings. The maximum atomic E-state index is 6.15. The van der Waals surface area contributed by atoms with Gasteiger partial charge in [-0.25, -0.2) is 0 Å². The predicted molar refractivity (Wildman–Crippen MR) is 80.6 cm³/mol. The summed E-state index contributed by atoms with van der Waals surface area (Å²) in [6.45, 7) is 0. The van der Waals surface area contributed by atoms with E-state index >= 15 is 0 Å². The van der Waals surface area contributed by atoms with Gasteiger partial charge in [-0.3, -0.25) is 0 Å². The van der Waals surface area contributed by atoms with Crippen molar-refractivity contribution in [2.24, 2.45) is 5.73 Å². The van der Waals surface area contributed by atoms with Crippen LogP contribution in [0.5, 0.6) is 0 Å². The lowest BCUT2D eigenvalue weighted by Crippen LogP contribution is -2.13. The Hall–Kier alpha value is -0.670. The quantitative estimate of drug-likeness (QED) is 0.822. The predicted octanol–water partition coefficient (Wildman–Crippen LogP) is 4.79. The average Bonchev–Trinajstić information content (AvgIpc) is 2.40. The maximum absolute atomic E-state index is 6.15. The molecule has 18 heavy (non-hydrogen) atoms. The van der Waals surface area contributed by atoms with Crippen LogP contribution in [0.25, 0.3) is 0 Å². The van der Waals surface area contributed by atoms with Gasteiger partial charge < -0.3 is 5.73 Å². The van der Waals surface area contributed by atoms with E-state index in [2.05, 4.69) is 12.1 Å². The van der Waals surface area contributed by atoms with Crippen LogP contribution in [-0.4, -0.2) is 5.75 Å². The van der Waals surface area contributed by atoms with E-state index in [-0.39, 0.29) is 6.04 Å². The minimum absolute atomic E-state index is 0.124. The summed E-state index contributed by atoms with van der Waals surface area (Å²) in [4.78, 5) is 1.20. The first-order chi connectivity index (χ1) is 8.66. The lowest BCUT2D eigenvalue weighted by molar-refractivity contribution is 0.831. The average molecular weight is 298 g/mol. The molecule has 94 valence electrons. The topological polar surface area (TPSA) is 26.0 Å². The van der Waals surface area contributed by atoms with Crippen LogP contribution in [0.2, 0.25) is 10.0 Å². The van der Waals surface area contributed by atoms with Crippen molar-refractivity contribution in [3.63, 3.8) is 0 Å². The number of hydrogen-bond donors (Lipinski definition) is 1. The van der Waals surface area contributed by atoms with Gasteiger partial charge in [0.15, 0.2) is 0 Å². The van der Waals surface area contributed by atoms with Crippen LogP contribution < -0.4 is 5.73 Å². The fourth-order valence-corrected chi connectivity index (χ4v) is 2.93. The van der Waals surface area contributed by atoms with Gasteiger partial charge in [0.2, 0.25) is 0 Å². The molecule has 0 bridgehead atoms. The van der Waals surface area contributed by atoms with Gasteiger partial charge in [-0.1, -0.05) is 41.4 Å². The first-order valence-corrected chi connectivity index (χ1v) is 7.29. The minimum Gasteiger partial charge on any atom is -0.323 e. The molecule has 4 heteroatoms. The van der Waals surface area contributed by atoms with Gasteiger partial charge in [0.25, 0.3) is 0 Å². The van der Waals surface area contributed by atoms with Crippen LogP contribution in [0, 0.1) is 0 Å². The zero-order valence-corrected chi connectivity index (χ0v) is 12.0. The first-order valence-electron chi connectivity index (χ1n) is 5.55. The monoisotopic (exact) mass is 297 g/mol. The van der Waals surface area contributed by atoms with Gasteiger partial charge in [0, 0.05) is 26.7 Å². The van der Waals surface area contributed by atoms with Gasteiger partial charge >= 0.3 is 0 Å². The number of rotatable bonds is 4. The summed E-state index contributed by atoms with van der Waals surface area (Å²) >= 11 is 13.8. The minimum atomic E-state index is -0.124. The Kier molecular flexibility index (Phi) is 4.95. The number of benzene rings is 2. The molecule has 0 amide bonds. The van der Waals surface area contributed by atoms with Crippen LogP contribution in [0.1, 0.15) is 11.6 Å². The van der Waals surface area contributed by atoms with Crippen LogP contribution >= 0.6 is 35.0 Å². The summed E-state index contributed by atoms with van der Waals surface area (Å²) in [6.07, 6.45) is 0. The third kappa shape index (κ3) is 3.66. The molecule has 2 N–H and O–H groups in total. The fourth-order valence-electron chi connectivity index (χ4n) is 1.59. The lowest BCUT2D eigenvalue weighted by Gasteiger charge is -2.13. The highest BCUT2D eigenvalue weighted by molar-refractivity contribution is 7.99. The fraction of sp³-hybridized carbons (Fsp3) is 0.143. The van der Waals surface area contributed by atoms with E-state index in [1.54, 1.807) is 23.9 Å². The largest absolute Gasteiger partial charge is 0.323 e. The Bertz CT molecular complexity index is 516. The van der Waals surface area contributed by atoms with Crippen molar-refractivity contribution < 1.29 is 0 Å². The highest BCUT2D eigenvalue weighted by Gasteiger charge is 2.11. The molecule has 1 unspecified atom stereocenters. The molecule has 0 saturated carbocycles. The smallest absolute Gasteiger partial charge is 0.0455 e. The molecule has 0 aliphatic carbocycles. The first kappa shape index (κ1) is 13.8. The standard InChI is InChI=1S/C14H13Cl2NS/c15-10-6-7-13(16)12(8-10)14(17)9-18-11-4-2-1-3-5-11/h1-8,14H,9,17H2. The molecule has 0 saturated heterocycles.